The summed E-state index contributed by atoms with van der Waals surface area (Å²) in [5.74, 6) is 0.358. The maximum absolute atomic E-state index is 12.1. The van der Waals surface area contributed by atoms with Crippen molar-refractivity contribution in [2.24, 2.45) is 5.92 Å². The number of hydrazine groups is 1. The van der Waals surface area contributed by atoms with E-state index in [4.69, 9.17) is 9.15 Å². The molecule has 6 nitrogen and oxygen atoms in total. The predicted octanol–water partition coefficient (Wildman–Crippen LogP) is 2.71. The molecule has 0 atom stereocenters. The first-order valence-electron chi connectivity index (χ1n) is 8.30. The van der Waals surface area contributed by atoms with Crippen molar-refractivity contribution in [2.75, 3.05) is 7.11 Å². The number of ether oxygens (including phenoxy) is 1. The number of fused-ring (bicyclic) bond motifs is 1. The van der Waals surface area contributed by atoms with E-state index in [9.17, 15) is 9.59 Å². The molecule has 1 aromatic heterocycles. The zero-order chi connectivity index (χ0) is 16.9. The summed E-state index contributed by atoms with van der Waals surface area (Å²) in [5.41, 5.74) is 6.49. The molecule has 1 fully saturated rings. The summed E-state index contributed by atoms with van der Waals surface area (Å²) in [6.45, 7) is 0. The van der Waals surface area contributed by atoms with E-state index in [0.29, 0.717) is 11.3 Å². The second-order valence-electron chi connectivity index (χ2n) is 6.17. The van der Waals surface area contributed by atoms with E-state index in [1.165, 1.54) is 6.42 Å². The summed E-state index contributed by atoms with van der Waals surface area (Å²) in [7, 11) is 1.59. The van der Waals surface area contributed by atoms with E-state index in [-0.39, 0.29) is 24.2 Å². The lowest BCUT2D eigenvalue weighted by molar-refractivity contribution is -0.131. The number of amides is 2. The predicted molar refractivity (Wildman–Crippen MR) is 89.3 cm³/mol. The smallest absolute Gasteiger partial charge is 0.242 e. The van der Waals surface area contributed by atoms with Gasteiger partial charge >= 0.3 is 0 Å². The summed E-state index contributed by atoms with van der Waals surface area (Å²) < 4.78 is 10.6. The molecule has 0 unspecified atom stereocenters. The SMILES string of the molecule is COc1ccc2c(CC(=O)NNC(=O)C3CCCCC3)coc2c1. The van der Waals surface area contributed by atoms with Gasteiger partial charge < -0.3 is 9.15 Å². The summed E-state index contributed by atoms with van der Waals surface area (Å²) in [5, 5.41) is 0.865. The van der Waals surface area contributed by atoms with Crippen molar-refractivity contribution in [2.45, 2.75) is 38.5 Å². The quantitative estimate of drug-likeness (QED) is 0.845. The van der Waals surface area contributed by atoms with Crippen LogP contribution >= 0.6 is 0 Å². The Bertz CT molecular complexity index is 732. The minimum absolute atomic E-state index is 0.0151. The lowest BCUT2D eigenvalue weighted by Gasteiger charge is -2.20. The van der Waals surface area contributed by atoms with Crippen molar-refractivity contribution < 1.29 is 18.7 Å². The van der Waals surface area contributed by atoms with E-state index in [2.05, 4.69) is 10.9 Å². The number of rotatable bonds is 4. The highest BCUT2D eigenvalue weighted by atomic mass is 16.5. The van der Waals surface area contributed by atoms with Gasteiger partial charge in [-0.15, -0.1) is 0 Å². The number of nitrogens with one attached hydrogen (secondary N) is 2. The van der Waals surface area contributed by atoms with Crippen molar-refractivity contribution in [3.05, 3.63) is 30.0 Å². The van der Waals surface area contributed by atoms with Gasteiger partial charge in [0.05, 0.1) is 19.8 Å². The first-order chi connectivity index (χ1) is 11.7. The molecule has 2 N–H and O–H groups in total. The number of carbonyl (C=O) groups excluding carboxylic acids is 2. The van der Waals surface area contributed by atoms with Crippen LogP contribution in [0.25, 0.3) is 11.0 Å². The topological polar surface area (TPSA) is 80.6 Å². The van der Waals surface area contributed by atoms with Crippen LogP contribution in [0.1, 0.15) is 37.7 Å². The standard InChI is InChI=1S/C18H22N2O4/c1-23-14-7-8-15-13(11-24-16(15)10-14)9-17(21)19-20-18(22)12-5-3-2-4-6-12/h7-8,10-12H,2-6,9H2,1H3,(H,19,21)(H,20,22). The number of hydrogen-bond donors (Lipinski definition) is 2. The normalized spacial score (nSPS) is 15.2. The minimum Gasteiger partial charge on any atom is -0.497 e. The fourth-order valence-corrected chi connectivity index (χ4v) is 3.14. The van der Waals surface area contributed by atoms with Crippen LogP contribution in [0.3, 0.4) is 0 Å². The van der Waals surface area contributed by atoms with Gasteiger partial charge in [0.25, 0.3) is 0 Å². The number of hydrogen-bond acceptors (Lipinski definition) is 4. The van der Waals surface area contributed by atoms with Crippen LogP contribution in [-0.4, -0.2) is 18.9 Å². The van der Waals surface area contributed by atoms with Crippen LogP contribution in [0.2, 0.25) is 0 Å². The van der Waals surface area contributed by atoms with E-state index < -0.39 is 0 Å². The number of furan rings is 1. The first kappa shape index (κ1) is 16.4. The second-order valence-corrected chi connectivity index (χ2v) is 6.17. The third-order valence-electron chi connectivity index (χ3n) is 4.51. The van der Waals surface area contributed by atoms with Crippen molar-refractivity contribution in [3.63, 3.8) is 0 Å². The summed E-state index contributed by atoms with van der Waals surface area (Å²) in [4.78, 5) is 24.1. The van der Waals surface area contributed by atoms with Crippen LogP contribution in [-0.2, 0) is 16.0 Å². The average molecular weight is 330 g/mol. The maximum Gasteiger partial charge on any atom is 0.242 e. The van der Waals surface area contributed by atoms with E-state index in [1.54, 1.807) is 19.4 Å². The highest BCUT2D eigenvalue weighted by molar-refractivity contribution is 5.89. The highest BCUT2D eigenvalue weighted by Gasteiger charge is 2.21. The molecule has 6 heteroatoms. The van der Waals surface area contributed by atoms with Gasteiger partial charge in [-0.3, -0.25) is 20.4 Å². The summed E-state index contributed by atoms with van der Waals surface area (Å²) in [6, 6.07) is 5.46. The highest BCUT2D eigenvalue weighted by Crippen LogP contribution is 2.26. The zero-order valence-corrected chi connectivity index (χ0v) is 13.8. The Kier molecular flexibility index (Phi) is 5.03. The van der Waals surface area contributed by atoms with Crippen molar-refractivity contribution in [3.8, 4) is 5.75 Å². The molecule has 1 aliphatic carbocycles. The molecule has 0 radical (unpaired) electrons. The van der Waals surface area contributed by atoms with Gasteiger partial charge in [0.1, 0.15) is 11.3 Å². The third-order valence-corrected chi connectivity index (χ3v) is 4.51. The number of methoxy groups -OCH3 is 1. The lowest BCUT2D eigenvalue weighted by atomic mass is 9.89. The Morgan fingerprint density at radius 1 is 1.21 bits per heavy atom. The third kappa shape index (κ3) is 3.69. The van der Waals surface area contributed by atoms with E-state index in [1.807, 2.05) is 12.1 Å². The van der Waals surface area contributed by atoms with Gasteiger partial charge in [0.2, 0.25) is 11.8 Å². The monoisotopic (exact) mass is 330 g/mol. The molecule has 0 bridgehead atoms. The van der Waals surface area contributed by atoms with Gasteiger partial charge in [-0.25, -0.2) is 0 Å². The molecule has 1 aromatic carbocycles. The van der Waals surface area contributed by atoms with Gasteiger partial charge in [-0.1, -0.05) is 19.3 Å². The van der Waals surface area contributed by atoms with Gasteiger partial charge in [0, 0.05) is 22.9 Å². The Labute approximate surface area is 140 Å². The summed E-state index contributed by atoms with van der Waals surface area (Å²) >= 11 is 0. The lowest BCUT2D eigenvalue weighted by Crippen LogP contribution is -2.45. The second kappa shape index (κ2) is 7.38. The van der Waals surface area contributed by atoms with Gasteiger partial charge in [-0.2, -0.15) is 0 Å². The molecule has 0 aliphatic heterocycles. The molecule has 1 heterocycles. The molecule has 1 aliphatic rings. The molecular formula is C18H22N2O4. The summed E-state index contributed by atoms with van der Waals surface area (Å²) in [6.07, 6.45) is 6.85. The fourth-order valence-electron chi connectivity index (χ4n) is 3.14. The molecule has 2 amide bonds. The average Bonchev–Trinajstić information content (AvgIpc) is 3.02. The molecule has 2 aromatic rings. The Hall–Kier alpha value is -2.50. The van der Waals surface area contributed by atoms with Crippen molar-refractivity contribution in [1.29, 1.82) is 0 Å². The zero-order valence-electron chi connectivity index (χ0n) is 13.8. The molecule has 1 saturated carbocycles. The van der Waals surface area contributed by atoms with E-state index >= 15 is 0 Å². The number of carbonyl (C=O) groups is 2. The molecule has 128 valence electrons. The van der Waals surface area contributed by atoms with Gasteiger partial charge in [-0.05, 0) is 25.0 Å². The van der Waals surface area contributed by atoms with Crippen molar-refractivity contribution >= 4 is 22.8 Å². The first-order valence-corrected chi connectivity index (χ1v) is 8.30. The van der Waals surface area contributed by atoms with Crippen molar-refractivity contribution in [1.82, 2.24) is 10.9 Å². The molecular weight excluding hydrogens is 308 g/mol. The molecule has 24 heavy (non-hydrogen) atoms. The Morgan fingerprint density at radius 2 is 2.00 bits per heavy atom. The Balaban J connectivity index is 1.56. The molecule has 3 rings (SSSR count). The maximum atomic E-state index is 12.1. The fraction of sp³-hybridized carbons (Fsp3) is 0.444. The number of benzene rings is 1. The van der Waals surface area contributed by atoms with Crippen LogP contribution in [0.4, 0.5) is 0 Å². The van der Waals surface area contributed by atoms with Gasteiger partial charge in [0.15, 0.2) is 0 Å². The molecule has 0 spiro atoms. The van der Waals surface area contributed by atoms with E-state index in [0.717, 1.165) is 36.6 Å². The Morgan fingerprint density at radius 3 is 2.75 bits per heavy atom. The molecule has 0 saturated heterocycles. The van der Waals surface area contributed by atoms with Crippen LogP contribution < -0.4 is 15.6 Å². The minimum atomic E-state index is -0.266. The van der Waals surface area contributed by atoms with Crippen LogP contribution in [0, 0.1) is 5.92 Å². The largest absolute Gasteiger partial charge is 0.497 e. The van der Waals surface area contributed by atoms with Crippen LogP contribution in [0.15, 0.2) is 28.9 Å². The van der Waals surface area contributed by atoms with Crippen LogP contribution in [0.5, 0.6) is 5.75 Å².